The highest BCUT2D eigenvalue weighted by atomic mass is 16.5. The minimum Gasteiger partial charge on any atom is -0.494 e. The van der Waals surface area contributed by atoms with E-state index in [-0.39, 0.29) is 12.2 Å². The number of nitrogens with zero attached hydrogens (tertiary/aromatic N) is 2. The second-order valence-electron chi connectivity index (χ2n) is 9.22. The van der Waals surface area contributed by atoms with Crippen molar-refractivity contribution in [3.63, 3.8) is 0 Å². The van der Waals surface area contributed by atoms with Gasteiger partial charge in [-0.1, -0.05) is 57.2 Å². The lowest BCUT2D eigenvalue weighted by atomic mass is 9.99. The molecule has 0 radical (unpaired) electrons. The summed E-state index contributed by atoms with van der Waals surface area (Å²) in [6.07, 6.45) is -0.589. The largest absolute Gasteiger partial charge is 0.494 e. The number of benzene rings is 3. The fourth-order valence-electron chi connectivity index (χ4n) is 4.29. The van der Waals surface area contributed by atoms with Crippen LogP contribution < -0.4 is 15.2 Å². The number of carboxylic acid groups (broad SMARTS) is 1. The second-order valence-corrected chi connectivity index (χ2v) is 9.22. The van der Waals surface area contributed by atoms with E-state index in [9.17, 15) is 14.7 Å². The lowest BCUT2D eigenvalue weighted by molar-refractivity contribution is -0.145. The van der Waals surface area contributed by atoms with Crippen molar-refractivity contribution in [2.75, 3.05) is 6.61 Å². The van der Waals surface area contributed by atoms with Crippen molar-refractivity contribution in [1.82, 2.24) is 9.55 Å². The summed E-state index contributed by atoms with van der Waals surface area (Å²) in [5.41, 5.74) is 3.84. The molecule has 0 aliphatic rings. The lowest BCUT2D eigenvalue weighted by Crippen LogP contribution is -2.26. The number of rotatable bonds is 10. The number of aromatic nitrogens is 2. The summed E-state index contributed by atoms with van der Waals surface area (Å²) < 4.78 is 13.0. The van der Waals surface area contributed by atoms with Gasteiger partial charge in [-0.25, -0.2) is 9.59 Å². The molecule has 0 bridgehead atoms. The molecule has 0 fully saturated rings. The third kappa shape index (κ3) is 5.82. The van der Waals surface area contributed by atoms with Crippen molar-refractivity contribution in [3.05, 3.63) is 88.3 Å². The minimum absolute atomic E-state index is 0.254. The van der Waals surface area contributed by atoms with Crippen LogP contribution >= 0.6 is 0 Å². The molecule has 3 aromatic carbocycles. The zero-order valence-electron chi connectivity index (χ0n) is 21.6. The van der Waals surface area contributed by atoms with Crippen molar-refractivity contribution in [2.45, 2.75) is 52.7 Å². The van der Waals surface area contributed by atoms with E-state index in [0.29, 0.717) is 36.1 Å². The molecule has 192 valence electrons. The van der Waals surface area contributed by atoms with Crippen LogP contribution in [0.5, 0.6) is 11.5 Å². The Bertz CT molecular complexity index is 1460. The fourth-order valence-corrected chi connectivity index (χ4v) is 4.29. The van der Waals surface area contributed by atoms with Gasteiger partial charge in [-0.3, -0.25) is 4.57 Å². The Morgan fingerprint density at radius 2 is 1.76 bits per heavy atom. The van der Waals surface area contributed by atoms with Crippen LogP contribution in [0.25, 0.3) is 22.2 Å². The van der Waals surface area contributed by atoms with Gasteiger partial charge in [0, 0.05) is 10.9 Å². The van der Waals surface area contributed by atoms with Crippen molar-refractivity contribution in [2.24, 2.45) is 0 Å². The van der Waals surface area contributed by atoms with E-state index in [0.717, 1.165) is 22.0 Å². The molecule has 1 unspecified atom stereocenters. The highest BCUT2D eigenvalue weighted by Gasteiger charge is 2.18. The molecule has 0 spiro atoms. The lowest BCUT2D eigenvalue weighted by Gasteiger charge is -2.16. The molecule has 4 rings (SSSR count). The molecule has 0 saturated heterocycles. The van der Waals surface area contributed by atoms with Crippen LogP contribution in [0, 0.1) is 0 Å². The zero-order chi connectivity index (χ0) is 26.5. The van der Waals surface area contributed by atoms with Crippen LogP contribution in [0.2, 0.25) is 0 Å². The Balaban J connectivity index is 1.78. The first kappa shape index (κ1) is 25.9. The van der Waals surface area contributed by atoms with Crippen LogP contribution in [0.15, 0.2) is 71.5 Å². The third-order valence-electron chi connectivity index (χ3n) is 6.28. The summed E-state index contributed by atoms with van der Waals surface area (Å²) in [5, 5.41) is 10.1. The Morgan fingerprint density at radius 1 is 1.00 bits per heavy atom. The Hall–Kier alpha value is -4.13. The van der Waals surface area contributed by atoms with Crippen molar-refractivity contribution in [1.29, 1.82) is 0 Å². The quantitative estimate of drug-likeness (QED) is 0.293. The maximum absolute atomic E-state index is 13.3. The third-order valence-corrected chi connectivity index (χ3v) is 6.28. The number of aliphatic carboxylic acids is 1. The van der Waals surface area contributed by atoms with E-state index in [1.807, 2.05) is 43.3 Å². The Morgan fingerprint density at radius 3 is 2.41 bits per heavy atom. The number of hydrogen-bond donors (Lipinski definition) is 1. The molecule has 0 saturated carbocycles. The number of fused-ring (bicyclic) bond motifs is 1. The van der Waals surface area contributed by atoms with Crippen LogP contribution in [0.1, 0.15) is 51.2 Å². The number of hydrogen-bond acceptors (Lipinski definition) is 5. The predicted octanol–water partition coefficient (Wildman–Crippen LogP) is 5.88. The maximum atomic E-state index is 13.3. The highest BCUT2D eigenvalue weighted by molar-refractivity contribution is 5.93. The van der Waals surface area contributed by atoms with Gasteiger partial charge in [0.05, 0.1) is 24.4 Å². The second kappa shape index (κ2) is 11.3. The molecule has 0 aliphatic heterocycles. The van der Waals surface area contributed by atoms with Crippen LogP contribution in [0.4, 0.5) is 0 Å². The maximum Gasteiger partial charge on any atom is 0.348 e. The number of carbonyl (C=O) groups is 1. The molecule has 0 amide bonds. The summed E-state index contributed by atoms with van der Waals surface area (Å²) in [4.78, 5) is 29.2. The van der Waals surface area contributed by atoms with Crippen molar-refractivity contribution in [3.8, 4) is 22.8 Å². The van der Waals surface area contributed by atoms with Gasteiger partial charge in [-0.2, -0.15) is 4.98 Å². The SMILES string of the molecule is CCOc1ccc2c(c1)c(-c1ccc(C(C)C)cc1)nc(=O)n2Cc1cccc(OC(CC)C(=O)O)c1. The monoisotopic (exact) mass is 500 g/mol. The Kier molecular flexibility index (Phi) is 7.92. The van der Waals surface area contributed by atoms with Gasteiger partial charge < -0.3 is 14.6 Å². The minimum atomic E-state index is -1.01. The molecule has 7 nitrogen and oxygen atoms in total. The summed E-state index contributed by atoms with van der Waals surface area (Å²) in [6.45, 7) is 8.75. The molecular formula is C30H32N2O5. The topological polar surface area (TPSA) is 90.6 Å². The molecule has 1 heterocycles. The molecule has 37 heavy (non-hydrogen) atoms. The van der Waals surface area contributed by atoms with Gasteiger partial charge in [0.25, 0.3) is 0 Å². The molecule has 1 atom stereocenters. The normalized spacial score (nSPS) is 12.0. The fraction of sp³-hybridized carbons (Fsp3) is 0.300. The van der Waals surface area contributed by atoms with E-state index in [4.69, 9.17) is 9.47 Å². The van der Waals surface area contributed by atoms with Crippen LogP contribution in [-0.4, -0.2) is 33.3 Å². The first-order valence-corrected chi connectivity index (χ1v) is 12.6. The van der Waals surface area contributed by atoms with Gasteiger partial charge in [0.1, 0.15) is 11.5 Å². The van der Waals surface area contributed by atoms with Gasteiger partial charge in [-0.05, 0) is 60.7 Å². The van der Waals surface area contributed by atoms with E-state index >= 15 is 0 Å². The standard InChI is InChI=1S/C30H32N2O5/c1-5-27(29(33)34)37-24-9-7-8-20(16-24)18-32-26-15-14-23(36-6-2)17-25(26)28(31-30(32)35)22-12-10-21(11-13-22)19(3)4/h7-17,19,27H,5-6,18H2,1-4H3,(H,33,34). The predicted molar refractivity (Wildman–Crippen MR) is 145 cm³/mol. The van der Waals surface area contributed by atoms with Crippen LogP contribution in [-0.2, 0) is 11.3 Å². The molecule has 4 aromatic rings. The van der Waals surface area contributed by atoms with Crippen molar-refractivity contribution >= 4 is 16.9 Å². The van der Waals surface area contributed by atoms with Gasteiger partial charge in [-0.15, -0.1) is 0 Å². The molecule has 7 heteroatoms. The average Bonchev–Trinajstić information content (AvgIpc) is 2.89. The zero-order valence-corrected chi connectivity index (χ0v) is 21.6. The van der Waals surface area contributed by atoms with Gasteiger partial charge in [0.15, 0.2) is 6.10 Å². The molecule has 1 aromatic heterocycles. The molecule has 1 N–H and O–H groups in total. The van der Waals surface area contributed by atoms with Crippen LogP contribution in [0.3, 0.4) is 0 Å². The summed E-state index contributed by atoms with van der Waals surface area (Å²) in [5.74, 6) is 0.537. The summed E-state index contributed by atoms with van der Waals surface area (Å²) >= 11 is 0. The smallest absolute Gasteiger partial charge is 0.348 e. The first-order valence-electron chi connectivity index (χ1n) is 12.6. The number of carboxylic acids is 1. The summed E-state index contributed by atoms with van der Waals surface area (Å²) in [7, 11) is 0. The first-order chi connectivity index (χ1) is 17.8. The van der Waals surface area contributed by atoms with Gasteiger partial charge >= 0.3 is 11.7 Å². The molecule has 0 aliphatic carbocycles. The molecular weight excluding hydrogens is 468 g/mol. The number of ether oxygens (including phenoxy) is 2. The van der Waals surface area contributed by atoms with E-state index in [1.165, 1.54) is 5.56 Å². The average molecular weight is 501 g/mol. The van der Waals surface area contributed by atoms with E-state index in [1.54, 1.807) is 29.7 Å². The highest BCUT2D eigenvalue weighted by Crippen LogP contribution is 2.30. The Labute approximate surface area is 216 Å². The van der Waals surface area contributed by atoms with E-state index < -0.39 is 12.1 Å². The van der Waals surface area contributed by atoms with Gasteiger partial charge in [0.2, 0.25) is 0 Å². The summed E-state index contributed by atoms with van der Waals surface area (Å²) in [6, 6.07) is 20.9. The van der Waals surface area contributed by atoms with E-state index in [2.05, 4.69) is 31.0 Å². The van der Waals surface area contributed by atoms with Crippen molar-refractivity contribution < 1.29 is 19.4 Å².